The number of nitrogens with one attached hydrogen (secondary N) is 1. The van der Waals surface area contributed by atoms with Crippen LogP contribution in [0.5, 0.6) is 0 Å². The predicted octanol–water partition coefficient (Wildman–Crippen LogP) is 1.38. The van der Waals surface area contributed by atoms with Gasteiger partial charge in [-0.05, 0) is 19.1 Å². The average molecular weight is 262 g/mol. The number of hydrogen-bond donors (Lipinski definition) is 2. The van der Waals surface area contributed by atoms with Crippen LogP contribution in [0.1, 0.15) is 21.6 Å². The van der Waals surface area contributed by atoms with Crippen LogP contribution in [0.4, 0.5) is 10.1 Å². The number of nitrogens with two attached hydrogens (primary N) is 1. The molecular formula is C13H15FN4O. The van der Waals surface area contributed by atoms with E-state index in [2.05, 4.69) is 10.4 Å². The van der Waals surface area contributed by atoms with Crippen LogP contribution in [0.25, 0.3) is 0 Å². The molecule has 0 saturated heterocycles. The summed E-state index contributed by atoms with van der Waals surface area (Å²) in [5, 5.41) is 6.87. The van der Waals surface area contributed by atoms with Gasteiger partial charge < -0.3 is 11.1 Å². The molecule has 5 nitrogen and oxygen atoms in total. The van der Waals surface area contributed by atoms with Crippen LogP contribution in [-0.4, -0.2) is 15.7 Å². The second kappa shape index (κ2) is 5.09. The van der Waals surface area contributed by atoms with E-state index >= 15 is 0 Å². The molecule has 0 saturated carbocycles. The van der Waals surface area contributed by atoms with Crippen molar-refractivity contribution in [2.45, 2.75) is 13.5 Å². The number of carbonyl (C=O) groups is 1. The summed E-state index contributed by atoms with van der Waals surface area (Å²) in [5.41, 5.74) is 7.29. The molecule has 2 rings (SSSR count). The fourth-order valence-corrected chi connectivity index (χ4v) is 1.83. The number of aryl methyl sites for hydroxylation is 2. The van der Waals surface area contributed by atoms with E-state index in [4.69, 9.17) is 5.73 Å². The first kappa shape index (κ1) is 13.1. The number of nitrogen functional groups attached to an aromatic ring is 1. The van der Waals surface area contributed by atoms with Crippen molar-refractivity contribution >= 4 is 11.6 Å². The largest absolute Gasteiger partial charge is 0.396 e. The van der Waals surface area contributed by atoms with Gasteiger partial charge in [0.05, 0.1) is 16.9 Å². The molecular weight excluding hydrogens is 247 g/mol. The second-order valence-electron chi connectivity index (χ2n) is 4.30. The van der Waals surface area contributed by atoms with Crippen LogP contribution >= 0.6 is 0 Å². The molecule has 1 amide bonds. The highest BCUT2D eigenvalue weighted by molar-refractivity contribution is 5.99. The van der Waals surface area contributed by atoms with Gasteiger partial charge in [-0.25, -0.2) is 4.39 Å². The van der Waals surface area contributed by atoms with Crippen LogP contribution in [0.15, 0.2) is 24.4 Å². The maximum absolute atomic E-state index is 13.3. The van der Waals surface area contributed by atoms with E-state index in [1.165, 1.54) is 18.2 Å². The van der Waals surface area contributed by atoms with Gasteiger partial charge >= 0.3 is 0 Å². The molecule has 3 N–H and O–H groups in total. The Labute approximate surface area is 110 Å². The maximum Gasteiger partial charge on any atom is 0.253 e. The molecule has 6 heteroatoms. The zero-order valence-corrected chi connectivity index (χ0v) is 10.8. The number of nitrogens with zero attached hydrogens (tertiary/aromatic N) is 2. The van der Waals surface area contributed by atoms with Gasteiger partial charge in [0.25, 0.3) is 5.91 Å². The van der Waals surface area contributed by atoms with E-state index in [-0.39, 0.29) is 11.3 Å². The SMILES string of the molecule is Cc1nn(C)cc1CNC(=O)c1cccc(F)c1N. The number of amides is 1. The van der Waals surface area contributed by atoms with Gasteiger partial charge in [0.2, 0.25) is 0 Å². The van der Waals surface area contributed by atoms with E-state index in [1.807, 2.05) is 20.2 Å². The molecule has 1 aromatic heterocycles. The Balaban J connectivity index is 2.10. The molecule has 0 bridgehead atoms. The van der Waals surface area contributed by atoms with E-state index in [1.54, 1.807) is 4.68 Å². The standard InChI is InChI=1S/C13H15FN4O/c1-8-9(7-18(2)17-8)6-16-13(19)10-4-3-5-11(14)12(10)15/h3-5,7H,6,15H2,1-2H3,(H,16,19). The molecule has 19 heavy (non-hydrogen) atoms. The van der Waals surface area contributed by atoms with E-state index in [9.17, 15) is 9.18 Å². The van der Waals surface area contributed by atoms with Crippen LogP contribution in [0, 0.1) is 12.7 Å². The third kappa shape index (κ3) is 2.73. The summed E-state index contributed by atoms with van der Waals surface area (Å²) in [6.45, 7) is 2.19. The average Bonchev–Trinajstić information content (AvgIpc) is 2.68. The lowest BCUT2D eigenvalue weighted by molar-refractivity contribution is 0.0951. The first-order valence-corrected chi connectivity index (χ1v) is 5.80. The summed E-state index contributed by atoms with van der Waals surface area (Å²) in [7, 11) is 1.81. The minimum Gasteiger partial charge on any atom is -0.396 e. The van der Waals surface area contributed by atoms with Gasteiger partial charge in [-0.2, -0.15) is 5.10 Å². The van der Waals surface area contributed by atoms with Crippen molar-refractivity contribution in [2.24, 2.45) is 7.05 Å². The first-order chi connectivity index (χ1) is 8.99. The Morgan fingerprint density at radius 2 is 2.26 bits per heavy atom. The van der Waals surface area contributed by atoms with Gasteiger partial charge in [-0.15, -0.1) is 0 Å². The summed E-state index contributed by atoms with van der Waals surface area (Å²) in [6, 6.07) is 4.16. The normalized spacial score (nSPS) is 10.5. The number of aromatic nitrogens is 2. The lowest BCUT2D eigenvalue weighted by Crippen LogP contribution is -2.24. The fraction of sp³-hybridized carbons (Fsp3) is 0.231. The van der Waals surface area contributed by atoms with Crippen LogP contribution in [0.3, 0.4) is 0 Å². The molecule has 1 heterocycles. The highest BCUT2D eigenvalue weighted by Gasteiger charge is 2.13. The maximum atomic E-state index is 13.3. The Morgan fingerprint density at radius 3 is 2.89 bits per heavy atom. The molecule has 0 aliphatic rings. The number of anilines is 1. The number of benzene rings is 1. The number of hydrogen-bond acceptors (Lipinski definition) is 3. The number of carbonyl (C=O) groups excluding carboxylic acids is 1. The molecule has 2 aromatic rings. The summed E-state index contributed by atoms with van der Waals surface area (Å²) < 4.78 is 14.9. The lowest BCUT2D eigenvalue weighted by atomic mass is 10.1. The van der Waals surface area contributed by atoms with Crippen molar-refractivity contribution in [1.82, 2.24) is 15.1 Å². The Hall–Kier alpha value is -2.37. The van der Waals surface area contributed by atoms with Gasteiger partial charge in [0, 0.05) is 25.4 Å². The van der Waals surface area contributed by atoms with Gasteiger partial charge in [0.1, 0.15) is 5.82 Å². The van der Waals surface area contributed by atoms with Gasteiger partial charge in [0.15, 0.2) is 0 Å². The molecule has 0 aliphatic carbocycles. The summed E-state index contributed by atoms with van der Waals surface area (Å²) >= 11 is 0. The zero-order chi connectivity index (χ0) is 14.0. The molecule has 0 unspecified atom stereocenters. The Bertz CT molecular complexity index is 621. The molecule has 0 radical (unpaired) electrons. The number of rotatable bonds is 3. The summed E-state index contributed by atoms with van der Waals surface area (Å²) in [6.07, 6.45) is 1.82. The van der Waals surface area contributed by atoms with Crippen LogP contribution in [-0.2, 0) is 13.6 Å². The number of halogens is 1. The monoisotopic (exact) mass is 262 g/mol. The third-order valence-electron chi connectivity index (χ3n) is 2.85. The van der Waals surface area contributed by atoms with Crippen molar-refractivity contribution in [3.05, 3.63) is 47.0 Å². The Kier molecular flexibility index (Phi) is 3.50. The topological polar surface area (TPSA) is 72.9 Å². The zero-order valence-electron chi connectivity index (χ0n) is 10.8. The minimum atomic E-state index is -0.592. The number of para-hydroxylation sites is 1. The lowest BCUT2D eigenvalue weighted by Gasteiger charge is -2.07. The molecule has 0 fully saturated rings. The van der Waals surface area contributed by atoms with E-state index in [0.717, 1.165) is 11.3 Å². The van der Waals surface area contributed by atoms with E-state index in [0.29, 0.717) is 6.54 Å². The summed E-state index contributed by atoms with van der Waals surface area (Å²) in [4.78, 5) is 11.9. The van der Waals surface area contributed by atoms with Crippen molar-refractivity contribution in [1.29, 1.82) is 0 Å². The fourth-order valence-electron chi connectivity index (χ4n) is 1.83. The molecule has 0 spiro atoms. The van der Waals surface area contributed by atoms with Crippen LogP contribution in [0.2, 0.25) is 0 Å². The van der Waals surface area contributed by atoms with E-state index < -0.39 is 11.7 Å². The predicted molar refractivity (Wildman–Crippen MR) is 69.9 cm³/mol. The molecule has 1 aromatic carbocycles. The molecule has 0 atom stereocenters. The first-order valence-electron chi connectivity index (χ1n) is 5.80. The van der Waals surface area contributed by atoms with Crippen molar-refractivity contribution in [2.75, 3.05) is 5.73 Å². The summed E-state index contributed by atoms with van der Waals surface area (Å²) in [5.74, 6) is -0.995. The second-order valence-corrected chi connectivity index (χ2v) is 4.30. The Morgan fingerprint density at radius 1 is 1.53 bits per heavy atom. The van der Waals surface area contributed by atoms with Crippen molar-refractivity contribution < 1.29 is 9.18 Å². The molecule has 0 aliphatic heterocycles. The van der Waals surface area contributed by atoms with Crippen LogP contribution < -0.4 is 11.1 Å². The van der Waals surface area contributed by atoms with Crippen molar-refractivity contribution in [3.8, 4) is 0 Å². The van der Waals surface area contributed by atoms with Crippen molar-refractivity contribution in [3.63, 3.8) is 0 Å². The van der Waals surface area contributed by atoms with Gasteiger partial charge in [-0.1, -0.05) is 6.07 Å². The third-order valence-corrected chi connectivity index (χ3v) is 2.85. The van der Waals surface area contributed by atoms with Gasteiger partial charge in [-0.3, -0.25) is 9.48 Å². The quantitative estimate of drug-likeness (QED) is 0.821. The highest BCUT2D eigenvalue weighted by Crippen LogP contribution is 2.15. The molecule has 100 valence electrons. The smallest absolute Gasteiger partial charge is 0.253 e. The minimum absolute atomic E-state index is 0.136. The highest BCUT2D eigenvalue weighted by atomic mass is 19.1.